The van der Waals surface area contributed by atoms with Crippen LogP contribution in [0.5, 0.6) is 0 Å². The standard InChI is InChI=1S/C21H25NO3S/c23-19(17-2-1-5-25-17)18-4-3-16(26-18)12-22-20(24)21-9-13-6-14(10-21)8-15(7-13)11-21/h1-5,13-15,19,23H,6-12H2,(H,22,24). The molecule has 4 saturated carbocycles. The Kier molecular flexibility index (Phi) is 3.98. The third kappa shape index (κ3) is 2.81. The second-order valence-electron chi connectivity index (χ2n) is 8.60. The van der Waals surface area contributed by atoms with E-state index in [0.29, 0.717) is 12.3 Å². The van der Waals surface area contributed by atoms with E-state index in [0.717, 1.165) is 46.8 Å². The molecule has 2 N–H and O–H groups in total. The van der Waals surface area contributed by atoms with Crippen molar-refractivity contribution in [2.24, 2.45) is 23.2 Å². The Morgan fingerprint density at radius 2 is 1.88 bits per heavy atom. The zero-order valence-electron chi connectivity index (χ0n) is 14.8. The van der Waals surface area contributed by atoms with Gasteiger partial charge in [-0.3, -0.25) is 4.79 Å². The Morgan fingerprint density at radius 1 is 1.19 bits per heavy atom. The minimum absolute atomic E-state index is 0.0947. The fraction of sp³-hybridized carbons (Fsp3) is 0.571. The van der Waals surface area contributed by atoms with Gasteiger partial charge < -0.3 is 14.8 Å². The number of hydrogen-bond donors (Lipinski definition) is 2. The summed E-state index contributed by atoms with van der Waals surface area (Å²) in [6, 6.07) is 7.47. The third-order valence-corrected chi connectivity index (χ3v) is 7.85. The maximum absolute atomic E-state index is 13.0. The average molecular weight is 372 g/mol. The van der Waals surface area contributed by atoms with Crippen molar-refractivity contribution >= 4 is 17.2 Å². The molecule has 0 aromatic carbocycles. The van der Waals surface area contributed by atoms with E-state index in [4.69, 9.17) is 4.42 Å². The molecule has 2 aromatic rings. The number of rotatable bonds is 5. The molecule has 1 unspecified atom stereocenters. The van der Waals surface area contributed by atoms with Gasteiger partial charge in [-0.2, -0.15) is 0 Å². The second-order valence-corrected chi connectivity index (χ2v) is 9.80. The van der Waals surface area contributed by atoms with Crippen LogP contribution in [0.25, 0.3) is 0 Å². The number of hydrogen-bond acceptors (Lipinski definition) is 4. The molecule has 4 nitrogen and oxygen atoms in total. The molecule has 5 heteroatoms. The number of thiophene rings is 1. The maximum atomic E-state index is 13.0. The summed E-state index contributed by atoms with van der Waals surface area (Å²) in [6.07, 6.45) is 8.18. The van der Waals surface area contributed by atoms with Crippen molar-refractivity contribution in [2.45, 2.75) is 51.2 Å². The number of furan rings is 1. The molecule has 0 saturated heterocycles. The number of amides is 1. The van der Waals surface area contributed by atoms with Crippen LogP contribution in [0.2, 0.25) is 0 Å². The highest BCUT2D eigenvalue weighted by atomic mass is 32.1. The lowest BCUT2D eigenvalue weighted by molar-refractivity contribution is -0.146. The zero-order valence-corrected chi connectivity index (χ0v) is 15.6. The summed E-state index contributed by atoms with van der Waals surface area (Å²) in [5.74, 6) is 3.16. The molecule has 4 fully saturated rings. The lowest BCUT2D eigenvalue weighted by Gasteiger charge is -2.55. The van der Waals surface area contributed by atoms with Gasteiger partial charge in [-0.1, -0.05) is 0 Å². The number of nitrogens with one attached hydrogen (secondary N) is 1. The number of aliphatic hydroxyl groups is 1. The first-order valence-corrected chi connectivity index (χ1v) is 10.5. The van der Waals surface area contributed by atoms with Crippen molar-refractivity contribution in [3.8, 4) is 0 Å². The molecule has 0 aliphatic heterocycles. The molecule has 2 heterocycles. The highest BCUT2D eigenvalue weighted by Gasteiger charge is 2.54. The first-order valence-electron chi connectivity index (χ1n) is 9.70. The van der Waals surface area contributed by atoms with Crippen LogP contribution in [-0.4, -0.2) is 11.0 Å². The summed E-state index contributed by atoms with van der Waals surface area (Å²) in [4.78, 5) is 14.9. The molecule has 4 bridgehead atoms. The molecule has 2 aromatic heterocycles. The predicted molar refractivity (Wildman–Crippen MR) is 99.5 cm³/mol. The van der Waals surface area contributed by atoms with Crippen LogP contribution in [0, 0.1) is 23.2 Å². The first kappa shape index (κ1) is 16.6. The molecule has 1 amide bonds. The van der Waals surface area contributed by atoms with Crippen LogP contribution in [-0.2, 0) is 11.3 Å². The van der Waals surface area contributed by atoms with Crippen molar-refractivity contribution < 1.29 is 14.3 Å². The summed E-state index contributed by atoms with van der Waals surface area (Å²) in [6.45, 7) is 0.552. The molecule has 6 rings (SSSR count). The molecule has 138 valence electrons. The molecule has 1 atom stereocenters. The molecular formula is C21H25NO3S. The molecule has 4 aliphatic carbocycles. The van der Waals surface area contributed by atoms with Crippen LogP contribution >= 0.6 is 11.3 Å². The van der Waals surface area contributed by atoms with Gasteiger partial charge in [0.2, 0.25) is 5.91 Å². The van der Waals surface area contributed by atoms with E-state index in [9.17, 15) is 9.90 Å². The van der Waals surface area contributed by atoms with E-state index in [-0.39, 0.29) is 11.3 Å². The molecule has 0 spiro atoms. The van der Waals surface area contributed by atoms with Crippen LogP contribution < -0.4 is 5.32 Å². The summed E-state index contributed by atoms with van der Waals surface area (Å²) in [5, 5.41) is 13.6. The van der Waals surface area contributed by atoms with E-state index >= 15 is 0 Å². The first-order chi connectivity index (χ1) is 12.6. The molecule has 26 heavy (non-hydrogen) atoms. The Morgan fingerprint density at radius 3 is 2.50 bits per heavy atom. The summed E-state index contributed by atoms with van der Waals surface area (Å²) in [7, 11) is 0. The number of aliphatic hydroxyl groups excluding tert-OH is 1. The van der Waals surface area contributed by atoms with E-state index in [1.54, 1.807) is 18.4 Å². The van der Waals surface area contributed by atoms with Crippen molar-refractivity contribution in [1.29, 1.82) is 0 Å². The monoisotopic (exact) mass is 371 g/mol. The predicted octanol–water partition coefficient (Wildman–Crippen LogP) is 4.26. The normalized spacial score (nSPS) is 33.3. The van der Waals surface area contributed by atoms with Gasteiger partial charge in [0, 0.05) is 15.2 Å². The van der Waals surface area contributed by atoms with Gasteiger partial charge in [0.15, 0.2) is 0 Å². The minimum atomic E-state index is -0.734. The van der Waals surface area contributed by atoms with E-state index in [1.165, 1.54) is 30.6 Å². The van der Waals surface area contributed by atoms with Gasteiger partial charge >= 0.3 is 0 Å². The highest BCUT2D eigenvalue weighted by Crippen LogP contribution is 2.60. The zero-order chi connectivity index (χ0) is 17.7. The van der Waals surface area contributed by atoms with Crippen LogP contribution in [0.1, 0.15) is 60.1 Å². The van der Waals surface area contributed by atoms with Gasteiger partial charge in [0.1, 0.15) is 11.9 Å². The summed E-state index contributed by atoms with van der Waals surface area (Å²) < 4.78 is 5.28. The Bertz CT molecular complexity index is 759. The van der Waals surface area contributed by atoms with Gasteiger partial charge in [-0.15, -0.1) is 11.3 Å². The quantitative estimate of drug-likeness (QED) is 0.826. The van der Waals surface area contributed by atoms with Crippen molar-refractivity contribution in [3.63, 3.8) is 0 Å². The van der Waals surface area contributed by atoms with Crippen LogP contribution in [0.15, 0.2) is 34.9 Å². The lowest BCUT2D eigenvalue weighted by atomic mass is 9.49. The van der Waals surface area contributed by atoms with Gasteiger partial charge in [0.05, 0.1) is 12.8 Å². The van der Waals surface area contributed by atoms with E-state index in [1.807, 2.05) is 12.1 Å². The largest absolute Gasteiger partial charge is 0.466 e. The fourth-order valence-corrected chi connectivity index (χ4v) is 6.91. The molecule has 4 aliphatic rings. The Labute approximate surface area is 157 Å². The number of carbonyl (C=O) groups excluding carboxylic acids is 1. The van der Waals surface area contributed by atoms with Gasteiger partial charge in [-0.25, -0.2) is 0 Å². The summed E-state index contributed by atoms with van der Waals surface area (Å²) >= 11 is 1.53. The average Bonchev–Trinajstić information content (AvgIpc) is 3.30. The Balaban J connectivity index is 1.24. The van der Waals surface area contributed by atoms with Crippen LogP contribution in [0.4, 0.5) is 0 Å². The lowest BCUT2D eigenvalue weighted by Crippen LogP contribution is -2.53. The van der Waals surface area contributed by atoms with E-state index < -0.39 is 6.10 Å². The summed E-state index contributed by atoms with van der Waals surface area (Å²) in [5.41, 5.74) is -0.0947. The van der Waals surface area contributed by atoms with Crippen molar-refractivity contribution in [3.05, 3.63) is 46.0 Å². The smallest absolute Gasteiger partial charge is 0.226 e. The highest BCUT2D eigenvalue weighted by molar-refractivity contribution is 7.12. The molecular weight excluding hydrogens is 346 g/mol. The van der Waals surface area contributed by atoms with E-state index in [2.05, 4.69) is 5.32 Å². The van der Waals surface area contributed by atoms with Crippen molar-refractivity contribution in [2.75, 3.05) is 0 Å². The SMILES string of the molecule is O=C(NCc1ccc(C(O)c2ccco2)s1)C12CC3CC(CC(C3)C1)C2. The fourth-order valence-electron chi connectivity index (χ4n) is 5.97. The third-order valence-electron chi connectivity index (χ3n) is 6.71. The van der Waals surface area contributed by atoms with Crippen LogP contribution in [0.3, 0.4) is 0 Å². The molecule has 0 radical (unpaired) electrons. The second kappa shape index (κ2) is 6.24. The topological polar surface area (TPSA) is 62.5 Å². The Hall–Kier alpha value is -1.59. The van der Waals surface area contributed by atoms with Gasteiger partial charge in [-0.05, 0) is 80.5 Å². The van der Waals surface area contributed by atoms with Crippen molar-refractivity contribution in [1.82, 2.24) is 5.32 Å². The number of carbonyl (C=O) groups is 1. The minimum Gasteiger partial charge on any atom is -0.466 e. The van der Waals surface area contributed by atoms with Gasteiger partial charge in [0.25, 0.3) is 0 Å². The maximum Gasteiger partial charge on any atom is 0.226 e.